The number of aryl methyl sites for hydroxylation is 1. The molecule has 1 aromatic rings. The molecule has 1 fully saturated rings. The van der Waals surface area contributed by atoms with Gasteiger partial charge in [0.25, 0.3) is 0 Å². The number of piperidine rings is 1. The Morgan fingerprint density at radius 3 is 2.88 bits per heavy atom. The molecule has 2 rings (SSSR count). The molecule has 0 aromatic carbocycles. The molecule has 1 saturated heterocycles. The number of anilines is 1. The van der Waals surface area contributed by atoms with E-state index >= 15 is 0 Å². The fourth-order valence-corrected chi connectivity index (χ4v) is 2.10. The minimum atomic E-state index is -0.302. The minimum Gasteiger partial charge on any atom is -0.367 e. The predicted molar refractivity (Wildman–Crippen MR) is 65.5 cm³/mol. The maximum atomic E-state index is 13.8. The summed E-state index contributed by atoms with van der Waals surface area (Å²) in [5, 5.41) is 6.42. The van der Waals surface area contributed by atoms with Crippen molar-refractivity contribution in [1.82, 2.24) is 15.3 Å². The highest BCUT2D eigenvalue weighted by Crippen LogP contribution is 2.16. The van der Waals surface area contributed by atoms with Crippen molar-refractivity contribution >= 4 is 5.82 Å². The zero-order chi connectivity index (χ0) is 12.1. The van der Waals surface area contributed by atoms with Gasteiger partial charge >= 0.3 is 0 Å². The van der Waals surface area contributed by atoms with E-state index in [1.165, 1.54) is 6.33 Å². The van der Waals surface area contributed by atoms with Gasteiger partial charge in [0.1, 0.15) is 6.33 Å². The van der Waals surface area contributed by atoms with Crippen LogP contribution in [-0.4, -0.2) is 29.6 Å². The molecule has 2 N–H and O–H groups in total. The van der Waals surface area contributed by atoms with Gasteiger partial charge in [0.15, 0.2) is 11.6 Å². The summed E-state index contributed by atoms with van der Waals surface area (Å²) in [5.74, 6) is 0.648. The molecule has 17 heavy (non-hydrogen) atoms. The molecule has 1 aromatic heterocycles. The van der Waals surface area contributed by atoms with Gasteiger partial charge < -0.3 is 10.6 Å². The van der Waals surface area contributed by atoms with Crippen molar-refractivity contribution in [2.45, 2.75) is 26.2 Å². The summed E-state index contributed by atoms with van der Waals surface area (Å²) in [6, 6.07) is 0. The second-order valence-corrected chi connectivity index (χ2v) is 4.41. The highest BCUT2D eigenvalue weighted by molar-refractivity contribution is 5.37. The van der Waals surface area contributed by atoms with Crippen LogP contribution in [-0.2, 0) is 6.42 Å². The van der Waals surface area contributed by atoms with Crippen LogP contribution in [0.1, 0.15) is 25.5 Å². The van der Waals surface area contributed by atoms with E-state index in [4.69, 9.17) is 0 Å². The zero-order valence-corrected chi connectivity index (χ0v) is 10.2. The molecular weight excluding hydrogens is 219 g/mol. The lowest BCUT2D eigenvalue weighted by molar-refractivity contribution is 0.389. The Morgan fingerprint density at radius 1 is 1.41 bits per heavy atom. The lowest BCUT2D eigenvalue weighted by atomic mass is 9.98. The summed E-state index contributed by atoms with van der Waals surface area (Å²) in [4.78, 5) is 7.87. The van der Waals surface area contributed by atoms with Crippen molar-refractivity contribution in [1.29, 1.82) is 0 Å². The second kappa shape index (κ2) is 5.91. The first-order chi connectivity index (χ1) is 8.31. The van der Waals surface area contributed by atoms with Crippen LogP contribution < -0.4 is 10.6 Å². The smallest absolute Gasteiger partial charge is 0.186 e. The average molecular weight is 238 g/mol. The van der Waals surface area contributed by atoms with Crippen molar-refractivity contribution in [2.24, 2.45) is 5.92 Å². The van der Waals surface area contributed by atoms with Gasteiger partial charge in [0.05, 0.1) is 5.69 Å². The zero-order valence-electron chi connectivity index (χ0n) is 10.2. The molecule has 0 atom stereocenters. The standard InChI is InChI=1S/C12H19FN4/c1-2-10-11(13)12(17-8-16-10)15-7-9-3-5-14-6-4-9/h8-9,14H,2-7H2,1H3,(H,15,16,17). The molecule has 1 aliphatic heterocycles. The van der Waals surface area contributed by atoms with Gasteiger partial charge in [-0.05, 0) is 38.3 Å². The molecule has 0 saturated carbocycles. The van der Waals surface area contributed by atoms with Crippen LogP contribution in [0.5, 0.6) is 0 Å². The number of aromatic nitrogens is 2. The molecule has 0 amide bonds. The normalized spacial score (nSPS) is 17.1. The van der Waals surface area contributed by atoms with Crippen molar-refractivity contribution in [3.8, 4) is 0 Å². The lowest BCUT2D eigenvalue weighted by Crippen LogP contribution is -2.31. The van der Waals surface area contributed by atoms with Crippen LogP contribution >= 0.6 is 0 Å². The first-order valence-electron chi connectivity index (χ1n) is 6.25. The number of halogens is 1. The van der Waals surface area contributed by atoms with Crippen LogP contribution in [0.15, 0.2) is 6.33 Å². The third-order valence-corrected chi connectivity index (χ3v) is 3.21. The van der Waals surface area contributed by atoms with Crippen LogP contribution in [0.25, 0.3) is 0 Å². The molecule has 1 aliphatic rings. The van der Waals surface area contributed by atoms with Gasteiger partial charge in [-0.2, -0.15) is 0 Å². The highest BCUT2D eigenvalue weighted by atomic mass is 19.1. The molecular formula is C12H19FN4. The van der Waals surface area contributed by atoms with Gasteiger partial charge in [-0.25, -0.2) is 14.4 Å². The monoisotopic (exact) mass is 238 g/mol. The lowest BCUT2D eigenvalue weighted by Gasteiger charge is -2.23. The van der Waals surface area contributed by atoms with Gasteiger partial charge in [-0.1, -0.05) is 6.92 Å². The van der Waals surface area contributed by atoms with Crippen LogP contribution in [0.2, 0.25) is 0 Å². The van der Waals surface area contributed by atoms with Crippen molar-refractivity contribution < 1.29 is 4.39 Å². The molecule has 4 nitrogen and oxygen atoms in total. The summed E-state index contributed by atoms with van der Waals surface area (Å²) < 4.78 is 13.8. The fraction of sp³-hybridized carbons (Fsp3) is 0.667. The first-order valence-corrected chi connectivity index (χ1v) is 6.25. The molecule has 5 heteroatoms. The second-order valence-electron chi connectivity index (χ2n) is 4.41. The van der Waals surface area contributed by atoms with E-state index in [-0.39, 0.29) is 5.82 Å². The summed E-state index contributed by atoms with van der Waals surface area (Å²) in [7, 11) is 0. The Morgan fingerprint density at radius 2 is 2.18 bits per heavy atom. The molecule has 94 valence electrons. The summed E-state index contributed by atoms with van der Waals surface area (Å²) in [6.45, 7) is 4.79. The first kappa shape index (κ1) is 12.2. The fourth-order valence-electron chi connectivity index (χ4n) is 2.10. The van der Waals surface area contributed by atoms with Crippen molar-refractivity contribution in [2.75, 3.05) is 25.0 Å². The van der Waals surface area contributed by atoms with Crippen molar-refractivity contribution in [3.05, 3.63) is 17.8 Å². The SMILES string of the molecule is CCc1ncnc(NCC2CCNCC2)c1F. The van der Waals surface area contributed by atoms with Crippen LogP contribution in [0.3, 0.4) is 0 Å². The van der Waals surface area contributed by atoms with Crippen molar-refractivity contribution in [3.63, 3.8) is 0 Å². The van der Waals surface area contributed by atoms with E-state index in [1.54, 1.807) is 0 Å². The Labute approximate surface area is 101 Å². The summed E-state index contributed by atoms with van der Waals surface area (Å²) >= 11 is 0. The topological polar surface area (TPSA) is 49.8 Å². The molecule has 0 spiro atoms. The largest absolute Gasteiger partial charge is 0.367 e. The number of nitrogens with one attached hydrogen (secondary N) is 2. The summed E-state index contributed by atoms with van der Waals surface area (Å²) in [6.07, 6.45) is 4.30. The Balaban J connectivity index is 1.93. The third kappa shape index (κ3) is 3.12. The van der Waals surface area contributed by atoms with Gasteiger partial charge in [0.2, 0.25) is 0 Å². The highest BCUT2D eigenvalue weighted by Gasteiger charge is 2.15. The maximum Gasteiger partial charge on any atom is 0.186 e. The van der Waals surface area contributed by atoms with E-state index in [0.717, 1.165) is 32.5 Å². The molecule has 2 heterocycles. The number of nitrogens with zero attached hydrogens (tertiary/aromatic N) is 2. The number of hydrogen-bond donors (Lipinski definition) is 2. The number of hydrogen-bond acceptors (Lipinski definition) is 4. The molecule has 0 aliphatic carbocycles. The van der Waals surface area contributed by atoms with Gasteiger partial charge in [-0.3, -0.25) is 0 Å². The Kier molecular flexibility index (Phi) is 4.25. The average Bonchev–Trinajstić information content (AvgIpc) is 2.39. The predicted octanol–water partition coefficient (Wildman–Crippen LogP) is 1.59. The van der Waals surface area contributed by atoms with Gasteiger partial charge in [0, 0.05) is 6.54 Å². The van der Waals surface area contributed by atoms with E-state index < -0.39 is 0 Å². The van der Waals surface area contributed by atoms with E-state index in [0.29, 0.717) is 23.9 Å². The van der Waals surface area contributed by atoms with E-state index in [1.807, 2.05) is 6.92 Å². The van der Waals surface area contributed by atoms with Gasteiger partial charge in [-0.15, -0.1) is 0 Å². The Hall–Kier alpha value is -1.23. The summed E-state index contributed by atoms with van der Waals surface area (Å²) in [5.41, 5.74) is 0.479. The Bertz CT molecular complexity index is 364. The molecule has 0 bridgehead atoms. The minimum absolute atomic E-state index is 0.302. The van der Waals surface area contributed by atoms with Crippen LogP contribution in [0, 0.1) is 11.7 Å². The molecule has 0 radical (unpaired) electrons. The quantitative estimate of drug-likeness (QED) is 0.836. The number of rotatable bonds is 4. The molecule has 0 unspecified atom stereocenters. The maximum absolute atomic E-state index is 13.8. The van der Waals surface area contributed by atoms with E-state index in [2.05, 4.69) is 20.6 Å². The van der Waals surface area contributed by atoms with E-state index in [9.17, 15) is 4.39 Å². The third-order valence-electron chi connectivity index (χ3n) is 3.21. The van der Waals surface area contributed by atoms with Crippen LogP contribution in [0.4, 0.5) is 10.2 Å².